The van der Waals surface area contributed by atoms with Gasteiger partial charge in [0.1, 0.15) is 11.3 Å². The first kappa shape index (κ1) is 15.8. The maximum atomic E-state index is 14.5. The molecule has 3 heterocycles. The van der Waals surface area contributed by atoms with E-state index >= 15 is 0 Å². The summed E-state index contributed by atoms with van der Waals surface area (Å²) < 4.78 is 27.4. The molecule has 0 saturated heterocycles. The summed E-state index contributed by atoms with van der Waals surface area (Å²) in [7, 11) is -1.55. The number of H-pyrrole nitrogens is 1. The predicted octanol–water partition coefficient (Wildman–Crippen LogP) is 2.68. The number of benzene rings is 1. The Morgan fingerprint density at radius 3 is 2.96 bits per heavy atom. The second-order valence-electron chi connectivity index (χ2n) is 5.17. The van der Waals surface area contributed by atoms with E-state index < -0.39 is 16.6 Å². The zero-order valence-electron chi connectivity index (χ0n) is 12.7. The standard InChI is InChI=1S/C15H10FN5O2S2/c1-25(23)14-8(16)2-9-7(4-19-21-9)13(14)10-3-12-11(5-17-10)20-15(24-12)18-6-22/h2-6H,1H3,(H,19,21)(H,18,20,22). The van der Waals surface area contributed by atoms with Crippen molar-refractivity contribution in [2.45, 2.75) is 4.90 Å². The molecule has 0 spiro atoms. The van der Waals surface area contributed by atoms with Crippen LogP contribution in [0.3, 0.4) is 0 Å². The van der Waals surface area contributed by atoms with Crippen LogP contribution in [-0.2, 0) is 15.6 Å². The van der Waals surface area contributed by atoms with E-state index in [0.29, 0.717) is 39.2 Å². The van der Waals surface area contributed by atoms with E-state index in [2.05, 4.69) is 25.5 Å². The van der Waals surface area contributed by atoms with Gasteiger partial charge in [0, 0.05) is 23.3 Å². The van der Waals surface area contributed by atoms with Crippen LogP contribution in [0.15, 0.2) is 29.4 Å². The second-order valence-corrected chi connectivity index (χ2v) is 7.51. The van der Waals surface area contributed by atoms with Crippen molar-refractivity contribution in [1.82, 2.24) is 20.2 Å². The third-order valence-corrected chi connectivity index (χ3v) is 5.58. The molecular weight excluding hydrogens is 365 g/mol. The molecule has 0 bridgehead atoms. The molecular formula is C15H10FN5O2S2. The third kappa shape index (κ3) is 2.59. The molecule has 0 radical (unpaired) electrons. The number of pyridine rings is 1. The average molecular weight is 375 g/mol. The van der Waals surface area contributed by atoms with Crippen molar-refractivity contribution in [2.75, 3.05) is 11.6 Å². The maximum absolute atomic E-state index is 14.5. The molecule has 10 heteroatoms. The lowest BCUT2D eigenvalue weighted by atomic mass is 10.1. The highest BCUT2D eigenvalue weighted by atomic mass is 32.2. The summed E-state index contributed by atoms with van der Waals surface area (Å²) in [5.74, 6) is -0.581. The van der Waals surface area contributed by atoms with Crippen LogP contribution in [0.25, 0.3) is 32.4 Å². The van der Waals surface area contributed by atoms with Crippen LogP contribution in [-0.4, -0.2) is 37.0 Å². The number of amides is 1. The SMILES string of the molecule is CS(=O)c1c(F)cc2[nH]ncc2c1-c1cc2sc(NC=O)nc2cn1. The number of hydrogen-bond donors (Lipinski definition) is 2. The number of nitrogens with zero attached hydrogens (tertiary/aromatic N) is 3. The van der Waals surface area contributed by atoms with E-state index in [1.54, 1.807) is 12.3 Å². The molecule has 126 valence electrons. The number of halogens is 1. The van der Waals surface area contributed by atoms with Gasteiger partial charge < -0.3 is 5.32 Å². The number of rotatable bonds is 4. The van der Waals surface area contributed by atoms with Gasteiger partial charge in [0.05, 0.1) is 44.0 Å². The number of nitrogens with one attached hydrogen (secondary N) is 2. The quantitative estimate of drug-likeness (QED) is 0.534. The van der Waals surface area contributed by atoms with Crippen molar-refractivity contribution < 1.29 is 13.4 Å². The summed E-state index contributed by atoms with van der Waals surface area (Å²) in [5.41, 5.74) is 2.00. The van der Waals surface area contributed by atoms with E-state index in [1.165, 1.54) is 29.9 Å². The number of carbonyl (C=O) groups excluding carboxylic acids is 1. The smallest absolute Gasteiger partial charge is 0.213 e. The largest absolute Gasteiger partial charge is 0.305 e. The van der Waals surface area contributed by atoms with Crippen molar-refractivity contribution >= 4 is 54.8 Å². The van der Waals surface area contributed by atoms with Crippen LogP contribution in [0.1, 0.15) is 0 Å². The molecule has 0 aliphatic heterocycles. The highest BCUT2D eigenvalue weighted by Gasteiger charge is 2.21. The van der Waals surface area contributed by atoms with Crippen molar-refractivity contribution in [2.24, 2.45) is 0 Å². The minimum absolute atomic E-state index is 0.0801. The van der Waals surface area contributed by atoms with Crippen LogP contribution < -0.4 is 5.32 Å². The Morgan fingerprint density at radius 1 is 1.36 bits per heavy atom. The van der Waals surface area contributed by atoms with Gasteiger partial charge in [-0.3, -0.25) is 19.1 Å². The Hall–Kier alpha value is -2.72. The minimum Gasteiger partial charge on any atom is -0.305 e. The lowest BCUT2D eigenvalue weighted by Crippen LogP contribution is -1.99. The first-order chi connectivity index (χ1) is 12.1. The zero-order chi connectivity index (χ0) is 17.6. The summed E-state index contributed by atoms with van der Waals surface area (Å²) in [6.07, 6.45) is 5.06. The van der Waals surface area contributed by atoms with Gasteiger partial charge in [-0.05, 0) is 6.07 Å². The zero-order valence-corrected chi connectivity index (χ0v) is 14.4. The molecule has 0 saturated carbocycles. The molecule has 1 unspecified atom stereocenters. The number of anilines is 1. The van der Waals surface area contributed by atoms with Gasteiger partial charge in [-0.25, -0.2) is 9.37 Å². The van der Waals surface area contributed by atoms with Crippen molar-refractivity contribution in [3.63, 3.8) is 0 Å². The van der Waals surface area contributed by atoms with Gasteiger partial charge >= 0.3 is 0 Å². The van der Waals surface area contributed by atoms with Crippen molar-refractivity contribution in [1.29, 1.82) is 0 Å². The first-order valence-corrected chi connectivity index (χ1v) is 9.42. The van der Waals surface area contributed by atoms with Crippen molar-refractivity contribution in [3.8, 4) is 11.3 Å². The monoisotopic (exact) mass is 375 g/mol. The van der Waals surface area contributed by atoms with E-state index in [-0.39, 0.29) is 4.90 Å². The second kappa shape index (κ2) is 5.97. The molecule has 1 amide bonds. The van der Waals surface area contributed by atoms with Crippen LogP contribution in [0.4, 0.5) is 9.52 Å². The Kier molecular flexibility index (Phi) is 3.77. The van der Waals surface area contributed by atoms with Crippen molar-refractivity contribution in [3.05, 3.63) is 30.3 Å². The Balaban J connectivity index is 2.01. The topological polar surface area (TPSA) is 101 Å². The molecule has 4 rings (SSSR count). The minimum atomic E-state index is -1.55. The summed E-state index contributed by atoms with van der Waals surface area (Å²) in [5, 5.41) is 10.2. The van der Waals surface area contributed by atoms with Gasteiger partial charge in [-0.15, -0.1) is 0 Å². The summed E-state index contributed by atoms with van der Waals surface area (Å²) in [6, 6.07) is 3.01. The maximum Gasteiger partial charge on any atom is 0.213 e. The van der Waals surface area contributed by atoms with Gasteiger partial charge in [0.25, 0.3) is 0 Å². The predicted molar refractivity (Wildman–Crippen MR) is 94.5 cm³/mol. The fourth-order valence-electron chi connectivity index (χ4n) is 2.66. The molecule has 0 fully saturated rings. The van der Waals surface area contributed by atoms with Gasteiger partial charge in [0.2, 0.25) is 6.41 Å². The Labute approximate surface area is 146 Å². The third-order valence-electron chi connectivity index (χ3n) is 3.65. The molecule has 3 aromatic heterocycles. The molecule has 1 atom stereocenters. The molecule has 2 N–H and O–H groups in total. The van der Waals surface area contributed by atoms with Crippen LogP contribution in [0.2, 0.25) is 0 Å². The van der Waals surface area contributed by atoms with Gasteiger partial charge in [0.15, 0.2) is 5.13 Å². The first-order valence-electron chi connectivity index (χ1n) is 7.04. The van der Waals surface area contributed by atoms with E-state index in [9.17, 15) is 13.4 Å². The molecule has 0 aliphatic carbocycles. The number of fused-ring (bicyclic) bond motifs is 2. The molecule has 7 nitrogen and oxygen atoms in total. The molecule has 4 aromatic rings. The van der Waals surface area contributed by atoms with E-state index in [1.807, 2.05) is 0 Å². The summed E-state index contributed by atoms with van der Waals surface area (Å²) in [6.45, 7) is 0. The van der Waals surface area contributed by atoms with Crippen LogP contribution >= 0.6 is 11.3 Å². The lowest BCUT2D eigenvalue weighted by Gasteiger charge is -2.09. The molecule has 1 aromatic carbocycles. The van der Waals surface area contributed by atoms with Gasteiger partial charge in [-0.1, -0.05) is 11.3 Å². The number of hydrogen-bond acceptors (Lipinski definition) is 6. The molecule has 0 aliphatic rings. The van der Waals surface area contributed by atoms with Crippen LogP contribution in [0.5, 0.6) is 0 Å². The Morgan fingerprint density at radius 2 is 2.20 bits per heavy atom. The van der Waals surface area contributed by atoms with Crippen LogP contribution in [0, 0.1) is 5.82 Å². The van der Waals surface area contributed by atoms with E-state index in [0.717, 1.165) is 4.70 Å². The fourth-order valence-corrected chi connectivity index (χ4v) is 4.32. The number of thiazole rings is 1. The fraction of sp³-hybridized carbons (Fsp3) is 0.0667. The number of carbonyl (C=O) groups is 1. The van der Waals surface area contributed by atoms with E-state index in [4.69, 9.17) is 0 Å². The summed E-state index contributed by atoms with van der Waals surface area (Å²) in [4.78, 5) is 19.2. The Bertz CT molecular complexity index is 1150. The molecule has 25 heavy (non-hydrogen) atoms. The normalized spacial score (nSPS) is 12.6. The number of aromatic nitrogens is 4. The van der Waals surface area contributed by atoms with Gasteiger partial charge in [-0.2, -0.15) is 5.10 Å². The summed E-state index contributed by atoms with van der Waals surface area (Å²) >= 11 is 1.27. The number of aromatic amines is 1. The lowest BCUT2D eigenvalue weighted by molar-refractivity contribution is -0.105. The average Bonchev–Trinajstić information content (AvgIpc) is 3.18. The highest BCUT2D eigenvalue weighted by molar-refractivity contribution is 7.84. The highest BCUT2D eigenvalue weighted by Crippen LogP contribution is 2.36.